The van der Waals surface area contributed by atoms with E-state index >= 15 is 0 Å². The molecule has 0 saturated heterocycles. The van der Waals surface area contributed by atoms with Crippen molar-refractivity contribution >= 4 is 8.56 Å². The average molecular weight is 133 g/mol. The predicted molar refractivity (Wildman–Crippen MR) is 38.0 cm³/mol. The molecule has 0 rings (SSSR count). The molecule has 0 aromatic rings. The maximum absolute atomic E-state index is 5.42. The molecule has 4 heteroatoms. The van der Waals surface area contributed by atoms with Gasteiger partial charge in [-0.05, 0) is 6.04 Å². The molecule has 0 bridgehead atoms. The summed E-state index contributed by atoms with van der Waals surface area (Å²) < 4.78 is 0. The topological polar surface area (TPSA) is 78.1 Å². The van der Waals surface area contributed by atoms with Crippen LogP contribution in [-0.4, -0.2) is 8.56 Å². The third-order valence-corrected chi connectivity index (χ3v) is 2.18. The minimum absolute atomic E-state index is 0.837. The summed E-state index contributed by atoms with van der Waals surface area (Å²) in [5.74, 6) is 0. The second-order valence-corrected chi connectivity index (χ2v) is 4.94. The Bertz CT molecular complexity index is 58.8. The molecule has 0 heterocycles. The van der Waals surface area contributed by atoms with Crippen molar-refractivity contribution in [3.63, 3.8) is 0 Å². The fourth-order valence-corrected chi connectivity index (χ4v) is 1.45. The first-order chi connectivity index (χ1) is 3.56. The van der Waals surface area contributed by atoms with E-state index in [4.69, 9.17) is 16.2 Å². The SMILES string of the molecule is CCCC[Si](N)(N)N. The van der Waals surface area contributed by atoms with E-state index in [9.17, 15) is 0 Å². The van der Waals surface area contributed by atoms with Crippen LogP contribution in [0.25, 0.3) is 0 Å². The first-order valence-electron chi connectivity index (χ1n) is 2.93. The van der Waals surface area contributed by atoms with Crippen LogP contribution in [0.5, 0.6) is 0 Å². The number of unbranched alkanes of at least 4 members (excludes halogenated alkanes) is 1. The second-order valence-electron chi connectivity index (χ2n) is 2.22. The Balaban J connectivity index is 3.11. The molecule has 0 spiro atoms. The van der Waals surface area contributed by atoms with Gasteiger partial charge in [0.25, 0.3) is 8.56 Å². The fraction of sp³-hybridized carbons (Fsp3) is 1.00. The third-order valence-electron chi connectivity index (χ3n) is 0.963. The van der Waals surface area contributed by atoms with Crippen molar-refractivity contribution in [3.05, 3.63) is 0 Å². The molecule has 0 radical (unpaired) electrons. The summed E-state index contributed by atoms with van der Waals surface area (Å²) in [5.41, 5.74) is 0. The van der Waals surface area contributed by atoms with E-state index in [0.717, 1.165) is 18.9 Å². The smallest absolute Gasteiger partial charge is 0.273 e. The van der Waals surface area contributed by atoms with E-state index in [1.165, 1.54) is 0 Å². The second kappa shape index (κ2) is 3.19. The van der Waals surface area contributed by atoms with Crippen LogP contribution >= 0.6 is 0 Å². The van der Waals surface area contributed by atoms with Crippen LogP contribution in [0, 0.1) is 0 Å². The van der Waals surface area contributed by atoms with Gasteiger partial charge in [-0.25, -0.2) is 0 Å². The number of hydrogen-bond donors (Lipinski definition) is 3. The molecule has 50 valence electrons. The van der Waals surface area contributed by atoms with Gasteiger partial charge in [0.1, 0.15) is 0 Å². The first-order valence-corrected chi connectivity index (χ1v) is 5.37. The molecule has 3 nitrogen and oxygen atoms in total. The van der Waals surface area contributed by atoms with Crippen molar-refractivity contribution in [1.29, 1.82) is 0 Å². The zero-order valence-electron chi connectivity index (χ0n) is 5.35. The van der Waals surface area contributed by atoms with Gasteiger partial charge in [0.15, 0.2) is 0 Å². The summed E-state index contributed by atoms with van der Waals surface area (Å²) in [7, 11) is -2.18. The van der Waals surface area contributed by atoms with Crippen molar-refractivity contribution < 1.29 is 0 Å². The highest BCUT2D eigenvalue weighted by Gasteiger charge is 2.14. The Labute approximate surface area is 51.5 Å². The van der Waals surface area contributed by atoms with Crippen LogP contribution < -0.4 is 16.2 Å². The molecule has 0 unspecified atom stereocenters. The summed E-state index contributed by atoms with van der Waals surface area (Å²) in [4.78, 5) is 0. The lowest BCUT2D eigenvalue weighted by Gasteiger charge is -2.12. The van der Waals surface area contributed by atoms with Gasteiger partial charge in [-0.3, -0.25) is 0 Å². The van der Waals surface area contributed by atoms with Crippen LogP contribution in [0.4, 0.5) is 0 Å². The highest BCUT2D eigenvalue weighted by Crippen LogP contribution is 1.96. The van der Waals surface area contributed by atoms with Crippen molar-refractivity contribution in [2.45, 2.75) is 25.8 Å². The van der Waals surface area contributed by atoms with Gasteiger partial charge < -0.3 is 16.2 Å². The molecule has 6 N–H and O–H groups in total. The van der Waals surface area contributed by atoms with Gasteiger partial charge in [-0.15, -0.1) is 0 Å². The summed E-state index contributed by atoms with van der Waals surface area (Å²) in [6, 6.07) is 0.837. The predicted octanol–water partition coefficient (Wildman–Crippen LogP) is -0.398. The van der Waals surface area contributed by atoms with Gasteiger partial charge in [-0.1, -0.05) is 19.8 Å². The fourth-order valence-electron chi connectivity index (χ4n) is 0.483. The number of hydrogen-bond acceptors (Lipinski definition) is 3. The Morgan fingerprint density at radius 2 is 1.75 bits per heavy atom. The molecule has 0 aromatic heterocycles. The van der Waals surface area contributed by atoms with Gasteiger partial charge in [0.05, 0.1) is 0 Å². The van der Waals surface area contributed by atoms with Crippen molar-refractivity contribution in [1.82, 2.24) is 0 Å². The lowest BCUT2D eigenvalue weighted by atomic mass is 10.4. The normalized spacial score (nSPS) is 12.0. The van der Waals surface area contributed by atoms with Crippen LogP contribution in [0.15, 0.2) is 0 Å². The van der Waals surface area contributed by atoms with Gasteiger partial charge in [0.2, 0.25) is 0 Å². The molecule has 0 aromatic carbocycles. The van der Waals surface area contributed by atoms with E-state index in [0.29, 0.717) is 0 Å². The van der Waals surface area contributed by atoms with Gasteiger partial charge in [-0.2, -0.15) is 0 Å². The first kappa shape index (κ1) is 8.10. The molecule has 0 aliphatic heterocycles. The van der Waals surface area contributed by atoms with E-state index in [1.807, 2.05) is 0 Å². The molecule has 0 atom stereocenters. The lowest BCUT2D eigenvalue weighted by molar-refractivity contribution is 0.859. The van der Waals surface area contributed by atoms with Crippen LogP contribution in [-0.2, 0) is 0 Å². The van der Waals surface area contributed by atoms with Crippen molar-refractivity contribution in [3.8, 4) is 0 Å². The molecular formula is C4H15N3Si. The van der Waals surface area contributed by atoms with Crippen LogP contribution in [0.1, 0.15) is 19.8 Å². The molecule has 0 amide bonds. The zero-order valence-corrected chi connectivity index (χ0v) is 6.35. The Kier molecular flexibility index (Phi) is 3.23. The standard InChI is InChI=1S/C4H15N3Si/c1-2-3-4-8(5,6)7/h2-7H2,1H3. The molecule has 0 aliphatic carbocycles. The molecule has 0 aliphatic rings. The van der Waals surface area contributed by atoms with Gasteiger partial charge >= 0.3 is 0 Å². The van der Waals surface area contributed by atoms with E-state index in [2.05, 4.69) is 6.92 Å². The Hall–Kier alpha value is 0.0969. The maximum atomic E-state index is 5.42. The van der Waals surface area contributed by atoms with E-state index in [-0.39, 0.29) is 0 Å². The monoisotopic (exact) mass is 133 g/mol. The largest absolute Gasteiger partial charge is 0.327 e. The summed E-state index contributed by atoms with van der Waals surface area (Å²) >= 11 is 0. The molecule has 0 saturated carbocycles. The lowest BCUT2D eigenvalue weighted by Crippen LogP contribution is -2.64. The highest BCUT2D eigenvalue weighted by molar-refractivity contribution is 6.70. The summed E-state index contributed by atoms with van der Waals surface area (Å²) in [6.07, 6.45) is 2.19. The zero-order chi connectivity index (χ0) is 6.62. The third kappa shape index (κ3) is 6.10. The van der Waals surface area contributed by atoms with Crippen LogP contribution in [0.2, 0.25) is 6.04 Å². The highest BCUT2D eigenvalue weighted by atomic mass is 28.4. The van der Waals surface area contributed by atoms with E-state index < -0.39 is 8.56 Å². The van der Waals surface area contributed by atoms with Crippen molar-refractivity contribution in [2.75, 3.05) is 0 Å². The minimum atomic E-state index is -2.18. The molecular weight excluding hydrogens is 118 g/mol. The molecule has 0 fully saturated rings. The van der Waals surface area contributed by atoms with Gasteiger partial charge in [0, 0.05) is 0 Å². The maximum Gasteiger partial charge on any atom is 0.273 e. The number of nitrogens with two attached hydrogens (primary N) is 3. The quantitative estimate of drug-likeness (QED) is 0.458. The molecule has 8 heavy (non-hydrogen) atoms. The van der Waals surface area contributed by atoms with E-state index in [1.54, 1.807) is 0 Å². The summed E-state index contributed by atoms with van der Waals surface area (Å²) in [6.45, 7) is 2.10. The average Bonchev–Trinajstić information content (AvgIpc) is 1.59. The summed E-state index contributed by atoms with van der Waals surface area (Å²) in [5, 5.41) is 16.2. The van der Waals surface area contributed by atoms with Crippen molar-refractivity contribution in [2.24, 2.45) is 16.2 Å². The Morgan fingerprint density at radius 1 is 1.25 bits per heavy atom. The Morgan fingerprint density at radius 3 is 1.88 bits per heavy atom. The number of rotatable bonds is 3. The van der Waals surface area contributed by atoms with Crippen LogP contribution in [0.3, 0.4) is 0 Å². The minimum Gasteiger partial charge on any atom is -0.327 e.